The van der Waals surface area contributed by atoms with Crippen molar-refractivity contribution in [1.29, 1.82) is 0 Å². The first-order chi connectivity index (χ1) is 33.1. The number of carbonyl (C=O) groups is 1. The normalized spacial score (nSPS) is 26.7. The minimum atomic E-state index is -1.79. The Morgan fingerprint density at radius 1 is 0.529 bits per heavy atom. The van der Waals surface area contributed by atoms with E-state index in [1.165, 1.54) is 103 Å². The summed E-state index contributed by atoms with van der Waals surface area (Å²) in [4.78, 5) is 13.2. The van der Waals surface area contributed by atoms with Crippen LogP contribution >= 0.6 is 0 Å². The molecule has 2 aliphatic heterocycles. The van der Waals surface area contributed by atoms with Gasteiger partial charge < -0.3 is 65.1 Å². The Morgan fingerprint density at radius 3 is 1.56 bits per heavy atom. The van der Waals surface area contributed by atoms with Crippen LogP contribution in [0.5, 0.6) is 0 Å². The van der Waals surface area contributed by atoms with Crippen molar-refractivity contribution >= 4 is 5.91 Å². The van der Waals surface area contributed by atoms with Crippen LogP contribution in [0.1, 0.15) is 194 Å². The largest absolute Gasteiger partial charge is 0.394 e. The van der Waals surface area contributed by atoms with Crippen LogP contribution in [0.3, 0.4) is 0 Å². The van der Waals surface area contributed by atoms with Crippen molar-refractivity contribution < 1.29 is 64.6 Å². The van der Waals surface area contributed by atoms with Crippen molar-refractivity contribution in [2.45, 2.75) is 267 Å². The van der Waals surface area contributed by atoms with Gasteiger partial charge in [0.25, 0.3) is 0 Å². The van der Waals surface area contributed by atoms with Crippen LogP contribution in [0.15, 0.2) is 48.6 Å². The average molecular weight is 968 g/mol. The van der Waals surface area contributed by atoms with Crippen molar-refractivity contribution in [2.24, 2.45) is 0 Å². The fraction of sp³-hybridized carbons (Fsp3) is 0.833. The molecule has 2 fully saturated rings. The first-order valence-electron chi connectivity index (χ1n) is 26.9. The number of allylic oxidation sites excluding steroid dienone is 7. The molecule has 14 nitrogen and oxygen atoms in total. The number of hydrogen-bond acceptors (Lipinski definition) is 13. The monoisotopic (exact) mass is 968 g/mol. The van der Waals surface area contributed by atoms with Crippen LogP contribution in [0.25, 0.3) is 0 Å². The molecule has 68 heavy (non-hydrogen) atoms. The lowest BCUT2D eigenvalue weighted by Gasteiger charge is -2.46. The molecule has 0 bridgehead atoms. The predicted octanol–water partition coefficient (Wildman–Crippen LogP) is 7.66. The Labute approximate surface area is 410 Å². The molecule has 0 aromatic rings. The highest BCUT2D eigenvalue weighted by Gasteiger charge is 2.51. The Bertz CT molecular complexity index is 1330. The number of aliphatic hydroxyl groups excluding tert-OH is 8. The molecule has 2 aliphatic rings. The fourth-order valence-electron chi connectivity index (χ4n) is 8.57. The molecule has 2 saturated heterocycles. The van der Waals surface area contributed by atoms with Gasteiger partial charge >= 0.3 is 0 Å². The molecule has 12 unspecified atom stereocenters. The van der Waals surface area contributed by atoms with Crippen molar-refractivity contribution in [3.63, 3.8) is 0 Å². The summed E-state index contributed by atoms with van der Waals surface area (Å²) >= 11 is 0. The maximum absolute atomic E-state index is 13.2. The lowest BCUT2D eigenvalue weighted by atomic mass is 9.97. The molecule has 0 aliphatic carbocycles. The molecule has 9 N–H and O–H groups in total. The standard InChI is InChI=1S/C54H97NO13/c1-3-5-7-9-11-13-15-17-19-20-21-22-24-25-27-29-31-33-35-37-43(58)42(55-46(59)38-36-34-32-30-28-26-23-18-16-14-12-10-8-6-4-2)41-65-53-51(64)49(62)52(45(40-57)67-53)68-54-50(63)48(61)47(60)44(39-56)66-54/h12,14,18,23,27,29,35,37,42-45,47-54,56-58,60-64H,3-11,13,15-17,19-22,24-26,28,30-34,36,38-41H2,1-2H3,(H,55,59)/b14-12-,23-18-,29-27+,37-35+. The van der Waals surface area contributed by atoms with Crippen LogP contribution in [-0.4, -0.2) is 140 Å². The van der Waals surface area contributed by atoms with E-state index in [0.717, 1.165) is 57.8 Å². The van der Waals surface area contributed by atoms with Crippen LogP contribution in [0.2, 0.25) is 0 Å². The van der Waals surface area contributed by atoms with Gasteiger partial charge in [-0.1, -0.05) is 172 Å². The van der Waals surface area contributed by atoms with Gasteiger partial charge in [-0.3, -0.25) is 4.79 Å². The smallest absolute Gasteiger partial charge is 0.220 e. The second-order valence-electron chi connectivity index (χ2n) is 19.0. The van der Waals surface area contributed by atoms with E-state index in [1.54, 1.807) is 6.08 Å². The topological polar surface area (TPSA) is 228 Å². The molecular formula is C54H97NO13. The number of rotatable bonds is 41. The van der Waals surface area contributed by atoms with Gasteiger partial charge in [-0.15, -0.1) is 0 Å². The second kappa shape index (κ2) is 40.5. The number of nitrogens with one attached hydrogen (secondary N) is 1. The van der Waals surface area contributed by atoms with Crippen LogP contribution in [0, 0.1) is 0 Å². The Kier molecular flexibility index (Phi) is 37.0. The molecule has 0 aromatic carbocycles. The number of ether oxygens (including phenoxy) is 4. The molecular weight excluding hydrogens is 871 g/mol. The fourth-order valence-corrected chi connectivity index (χ4v) is 8.57. The highest BCUT2D eigenvalue weighted by Crippen LogP contribution is 2.30. The van der Waals surface area contributed by atoms with E-state index in [4.69, 9.17) is 18.9 Å². The Hall–Kier alpha value is -2.05. The maximum Gasteiger partial charge on any atom is 0.220 e. The quantitative estimate of drug-likeness (QED) is 0.0212. The number of hydrogen-bond donors (Lipinski definition) is 9. The van der Waals surface area contributed by atoms with E-state index < -0.39 is 86.8 Å². The van der Waals surface area contributed by atoms with Gasteiger partial charge in [-0.2, -0.15) is 0 Å². The summed E-state index contributed by atoms with van der Waals surface area (Å²) in [7, 11) is 0. The molecule has 0 spiro atoms. The van der Waals surface area contributed by atoms with E-state index in [1.807, 2.05) is 6.08 Å². The number of carbonyl (C=O) groups excluding carboxylic acids is 1. The van der Waals surface area contributed by atoms with Crippen molar-refractivity contribution in [3.8, 4) is 0 Å². The molecule has 0 radical (unpaired) electrons. The van der Waals surface area contributed by atoms with Crippen LogP contribution in [0.4, 0.5) is 0 Å². The minimum Gasteiger partial charge on any atom is -0.394 e. The molecule has 2 heterocycles. The number of unbranched alkanes of at least 4 members (excludes halogenated alkanes) is 22. The summed E-state index contributed by atoms with van der Waals surface area (Å²) in [5.74, 6) is -0.265. The first-order valence-corrected chi connectivity index (χ1v) is 26.9. The summed E-state index contributed by atoms with van der Waals surface area (Å²) < 4.78 is 22.7. The van der Waals surface area contributed by atoms with Gasteiger partial charge in [-0.05, 0) is 64.2 Å². The van der Waals surface area contributed by atoms with Gasteiger partial charge in [0.1, 0.15) is 48.8 Å². The molecule has 12 atom stereocenters. The lowest BCUT2D eigenvalue weighted by molar-refractivity contribution is -0.359. The van der Waals surface area contributed by atoms with Gasteiger partial charge in [-0.25, -0.2) is 0 Å². The molecule has 0 saturated carbocycles. The predicted molar refractivity (Wildman–Crippen MR) is 267 cm³/mol. The van der Waals surface area contributed by atoms with E-state index in [2.05, 4.69) is 55.6 Å². The van der Waals surface area contributed by atoms with Crippen molar-refractivity contribution in [3.05, 3.63) is 48.6 Å². The minimum absolute atomic E-state index is 0.256. The third kappa shape index (κ3) is 27.0. The third-order valence-electron chi connectivity index (χ3n) is 13.0. The van der Waals surface area contributed by atoms with E-state index in [-0.39, 0.29) is 18.9 Å². The van der Waals surface area contributed by atoms with Crippen LogP contribution < -0.4 is 5.32 Å². The molecule has 396 valence electrons. The van der Waals surface area contributed by atoms with Crippen molar-refractivity contribution in [2.75, 3.05) is 19.8 Å². The third-order valence-corrected chi connectivity index (χ3v) is 13.0. The molecule has 0 aromatic heterocycles. The number of amides is 1. The Morgan fingerprint density at radius 2 is 0.985 bits per heavy atom. The summed E-state index contributed by atoms with van der Waals surface area (Å²) in [6.45, 7) is 2.73. The zero-order valence-corrected chi connectivity index (χ0v) is 42.1. The van der Waals surface area contributed by atoms with E-state index in [9.17, 15) is 45.6 Å². The van der Waals surface area contributed by atoms with Crippen molar-refractivity contribution in [1.82, 2.24) is 5.32 Å². The number of aliphatic hydroxyl groups is 8. The highest BCUT2D eigenvalue weighted by molar-refractivity contribution is 5.76. The molecule has 14 heteroatoms. The Balaban J connectivity index is 1.85. The van der Waals surface area contributed by atoms with Gasteiger partial charge in [0.2, 0.25) is 5.91 Å². The SMILES string of the molecule is CCCCC/C=C\C/C=C\CCCCCCCC(=O)NC(COC1OC(CO)C(OC2OC(CO)C(O)C(O)C2O)C(O)C1O)C(O)/C=C/CC/C=C/CCCCCCCCCCCCCCC. The van der Waals surface area contributed by atoms with Gasteiger partial charge in [0.15, 0.2) is 12.6 Å². The average Bonchev–Trinajstić information content (AvgIpc) is 3.34. The van der Waals surface area contributed by atoms with Gasteiger partial charge in [0, 0.05) is 6.42 Å². The van der Waals surface area contributed by atoms with E-state index >= 15 is 0 Å². The first kappa shape index (κ1) is 62.1. The van der Waals surface area contributed by atoms with Crippen LogP contribution in [-0.2, 0) is 23.7 Å². The summed E-state index contributed by atoms with van der Waals surface area (Å²) in [6.07, 6.45) is 31.5. The zero-order chi connectivity index (χ0) is 49.6. The zero-order valence-electron chi connectivity index (χ0n) is 42.1. The molecule has 1 amide bonds. The summed E-state index contributed by atoms with van der Waals surface area (Å²) in [6, 6.07) is -0.938. The second-order valence-corrected chi connectivity index (χ2v) is 19.0. The summed E-state index contributed by atoms with van der Waals surface area (Å²) in [5, 5.41) is 86.8. The van der Waals surface area contributed by atoms with Gasteiger partial charge in [0.05, 0.1) is 32.0 Å². The lowest BCUT2D eigenvalue weighted by Crippen LogP contribution is -2.65. The van der Waals surface area contributed by atoms with E-state index in [0.29, 0.717) is 12.8 Å². The highest BCUT2D eigenvalue weighted by atomic mass is 16.7. The maximum atomic E-state index is 13.2. The molecule has 2 rings (SSSR count). The summed E-state index contributed by atoms with van der Waals surface area (Å²) in [5.41, 5.74) is 0.